The van der Waals surface area contributed by atoms with Gasteiger partial charge in [-0.2, -0.15) is 10.4 Å². The van der Waals surface area contributed by atoms with Crippen LogP contribution >= 0.6 is 0 Å². The van der Waals surface area contributed by atoms with Gasteiger partial charge in [-0.15, -0.1) is 0 Å². The Morgan fingerprint density at radius 1 is 1.21 bits per heavy atom. The van der Waals surface area contributed by atoms with E-state index in [9.17, 15) is 5.11 Å². The molecule has 0 aliphatic heterocycles. The van der Waals surface area contributed by atoms with Crippen molar-refractivity contribution >= 4 is 10.9 Å². The predicted octanol–water partition coefficient (Wildman–Crippen LogP) is 2.53. The molecule has 0 spiro atoms. The van der Waals surface area contributed by atoms with Crippen LogP contribution in [0.4, 0.5) is 0 Å². The van der Waals surface area contributed by atoms with Crippen molar-refractivity contribution in [1.29, 1.82) is 5.26 Å². The van der Waals surface area contributed by atoms with Gasteiger partial charge in [0.25, 0.3) is 5.88 Å². The zero-order valence-corrected chi connectivity index (χ0v) is 15.2. The van der Waals surface area contributed by atoms with E-state index >= 15 is 0 Å². The van der Waals surface area contributed by atoms with E-state index in [2.05, 4.69) is 15.1 Å². The molecule has 0 saturated heterocycles. The van der Waals surface area contributed by atoms with Crippen molar-refractivity contribution in [3.05, 3.63) is 42.9 Å². The number of ether oxygens (including phenoxy) is 2. The second-order valence-electron chi connectivity index (χ2n) is 5.92. The van der Waals surface area contributed by atoms with Crippen LogP contribution in [0.25, 0.3) is 28.0 Å². The van der Waals surface area contributed by atoms with Crippen molar-refractivity contribution < 1.29 is 14.6 Å². The summed E-state index contributed by atoms with van der Waals surface area (Å²) in [5.41, 5.74) is 2.03. The van der Waals surface area contributed by atoms with Crippen molar-refractivity contribution in [3.8, 4) is 40.7 Å². The SMILES string of the molecule is COc1cc(-c2ccc3c(O)n(-c4ccn(CC#N)n4)cc3n2)cnc1OC. The summed E-state index contributed by atoms with van der Waals surface area (Å²) in [7, 11) is 3.07. The highest BCUT2D eigenvalue weighted by atomic mass is 16.5. The van der Waals surface area contributed by atoms with E-state index in [0.717, 1.165) is 5.56 Å². The molecule has 4 aromatic rings. The van der Waals surface area contributed by atoms with Gasteiger partial charge in [-0.05, 0) is 18.2 Å². The molecule has 0 amide bonds. The van der Waals surface area contributed by atoms with E-state index in [0.29, 0.717) is 34.0 Å². The summed E-state index contributed by atoms with van der Waals surface area (Å²) in [6, 6.07) is 9.11. The lowest BCUT2D eigenvalue weighted by molar-refractivity contribution is 0.343. The number of hydrogen-bond donors (Lipinski definition) is 1. The Bertz CT molecular complexity index is 1200. The monoisotopic (exact) mass is 376 g/mol. The van der Waals surface area contributed by atoms with Crippen LogP contribution < -0.4 is 9.47 Å². The minimum absolute atomic E-state index is 0.0293. The van der Waals surface area contributed by atoms with Gasteiger partial charge < -0.3 is 14.6 Å². The summed E-state index contributed by atoms with van der Waals surface area (Å²) >= 11 is 0. The molecule has 9 heteroatoms. The number of pyridine rings is 2. The van der Waals surface area contributed by atoms with Gasteiger partial charge in [0.1, 0.15) is 6.54 Å². The highest BCUT2D eigenvalue weighted by Gasteiger charge is 2.15. The Morgan fingerprint density at radius 2 is 2.07 bits per heavy atom. The number of nitriles is 1. The van der Waals surface area contributed by atoms with Crippen molar-refractivity contribution in [2.24, 2.45) is 0 Å². The van der Waals surface area contributed by atoms with Gasteiger partial charge in [0.15, 0.2) is 11.6 Å². The summed E-state index contributed by atoms with van der Waals surface area (Å²) < 4.78 is 13.5. The highest BCUT2D eigenvalue weighted by Crippen LogP contribution is 2.33. The van der Waals surface area contributed by atoms with Gasteiger partial charge in [0.05, 0.1) is 36.9 Å². The molecule has 4 aromatic heterocycles. The minimum Gasteiger partial charge on any atom is -0.494 e. The second-order valence-corrected chi connectivity index (χ2v) is 5.92. The molecule has 140 valence electrons. The topological polar surface area (TPSA) is 111 Å². The third-order valence-electron chi connectivity index (χ3n) is 4.28. The molecule has 4 heterocycles. The van der Waals surface area contributed by atoms with Gasteiger partial charge in [-0.25, -0.2) is 9.97 Å². The first-order valence-corrected chi connectivity index (χ1v) is 8.35. The lowest BCUT2D eigenvalue weighted by Gasteiger charge is -2.08. The molecule has 0 atom stereocenters. The summed E-state index contributed by atoms with van der Waals surface area (Å²) in [4.78, 5) is 8.86. The lowest BCUT2D eigenvalue weighted by atomic mass is 10.1. The van der Waals surface area contributed by atoms with Crippen molar-refractivity contribution in [2.45, 2.75) is 6.54 Å². The van der Waals surface area contributed by atoms with Crippen LogP contribution in [-0.2, 0) is 6.54 Å². The largest absolute Gasteiger partial charge is 0.494 e. The first kappa shape index (κ1) is 17.4. The quantitative estimate of drug-likeness (QED) is 0.570. The van der Waals surface area contributed by atoms with Gasteiger partial charge in [0, 0.05) is 30.2 Å². The fourth-order valence-corrected chi connectivity index (χ4v) is 2.92. The molecule has 0 fully saturated rings. The van der Waals surface area contributed by atoms with Crippen LogP contribution in [0, 0.1) is 11.3 Å². The summed E-state index contributed by atoms with van der Waals surface area (Å²) in [6.07, 6.45) is 5.02. The third-order valence-corrected chi connectivity index (χ3v) is 4.28. The first-order chi connectivity index (χ1) is 13.6. The van der Waals surface area contributed by atoms with Crippen LogP contribution in [0.3, 0.4) is 0 Å². The maximum absolute atomic E-state index is 10.6. The number of hydrogen-bond acceptors (Lipinski definition) is 7. The smallest absolute Gasteiger partial charge is 0.256 e. The maximum atomic E-state index is 10.6. The maximum Gasteiger partial charge on any atom is 0.256 e. The zero-order valence-electron chi connectivity index (χ0n) is 15.2. The molecule has 0 bridgehead atoms. The average Bonchev–Trinajstić information content (AvgIpc) is 3.31. The van der Waals surface area contributed by atoms with Gasteiger partial charge in [-0.1, -0.05) is 0 Å². The molecule has 0 aliphatic rings. The number of rotatable bonds is 5. The molecular formula is C19H16N6O3. The van der Waals surface area contributed by atoms with E-state index in [-0.39, 0.29) is 12.4 Å². The Hall–Kier alpha value is -4.06. The van der Waals surface area contributed by atoms with Gasteiger partial charge in [0.2, 0.25) is 5.88 Å². The van der Waals surface area contributed by atoms with Crippen molar-refractivity contribution in [1.82, 2.24) is 24.3 Å². The molecule has 0 aliphatic carbocycles. The number of fused-ring (bicyclic) bond motifs is 1. The molecule has 1 N–H and O–H groups in total. The van der Waals surface area contributed by atoms with Crippen molar-refractivity contribution in [3.63, 3.8) is 0 Å². The Morgan fingerprint density at radius 3 is 2.82 bits per heavy atom. The van der Waals surface area contributed by atoms with Crippen molar-refractivity contribution in [2.75, 3.05) is 14.2 Å². The van der Waals surface area contributed by atoms with Crippen LogP contribution in [0.1, 0.15) is 0 Å². The number of methoxy groups -OCH3 is 2. The van der Waals surface area contributed by atoms with E-state index in [1.807, 2.05) is 6.07 Å². The van der Waals surface area contributed by atoms with E-state index in [1.165, 1.54) is 16.4 Å². The molecule has 4 rings (SSSR count). The molecule has 0 aromatic carbocycles. The zero-order chi connectivity index (χ0) is 19.7. The van der Waals surface area contributed by atoms with Gasteiger partial charge >= 0.3 is 0 Å². The number of aromatic hydroxyl groups is 1. The Labute approximate surface area is 160 Å². The Kier molecular flexibility index (Phi) is 4.29. The molecule has 9 nitrogen and oxygen atoms in total. The third kappa shape index (κ3) is 2.87. The molecule has 28 heavy (non-hydrogen) atoms. The Balaban J connectivity index is 1.77. The van der Waals surface area contributed by atoms with E-state index in [1.54, 1.807) is 50.0 Å². The average molecular weight is 376 g/mol. The van der Waals surface area contributed by atoms with E-state index < -0.39 is 0 Å². The second kappa shape index (κ2) is 6.92. The molecule has 0 unspecified atom stereocenters. The van der Waals surface area contributed by atoms with E-state index in [4.69, 9.17) is 14.7 Å². The summed E-state index contributed by atoms with van der Waals surface area (Å²) in [6.45, 7) is 0.135. The standard InChI is InChI=1S/C19H16N6O3/c1-27-16-9-12(10-21-18(16)28-2)14-4-3-13-15(22-14)11-25(19(13)26)17-5-7-24(23-17)8-6-20/h3-5,7,9-11,26H,8H2,1-2H3. The number of nitrogens with zero attached hydrogens (tertiary/aromatic N) is 6. The van der Waals surface area contributed by atoms with Gasteiger partial charge in [-0.3, -0.25) is 9.25 Å². The normalized spacial score (nSPS) is 10.8. The fraction of sp³-hybridized carbons (Fsp3) is 0.158. The molecule has 0 saturated carbocycles. The number of aromatic nitrogens is 5. The highest BCUT2D eigenvalue weighted by molar-refractivity contribution is 5.87. The predicted molar refractivity (Wildman–Crippen MR) is 100 cm³/mol. The van der Waals surface area contributed by atoms with Crippen LogP contribution in [0.2, 0.25) is 0 Å². The lowest BCUT2D eigenvalue weighted by Crippen LogP contribution is -1.98. The minimum atomic E-state index is 0.0293. The molecular weight excluding hydrogens is 360 g/mol. The summed E-state index contributed by atoms with van der Waals surface area (Å²) in [5, 5.41) is 24.2. The van der Waals surface area contributed by atoms with Crippen LogP contribution in [-0.4, -0.2) is 43.6 Å². The van der Waals surface area contributed by atoms with Crippen LogP contribution in [0.5, 0.6) is 17.5 Å². The molecule has 0 radical (unpaired) electrons. The fourth-order valence-electron chi connectivity index (χ4n) is 2.92. The first-order valence-electron chi connectivity index (χ1n) is 8.35. The summed E-state index contributed by atoms with van der Waals surface area (Å²) in [5.74, 6) is 1.43. The van der Waals surface area contributed by atoms with Crippen LogP contribution in [0.15, 0.2) is 42.9 Å².